The number of amides is 2. The molecule has 0 radical (unpaired) electrons. The van der Waals surface area contributed by atoms with Crippen molar-refractivity contribution >= 4 is 21.8 Å². The fourth-order valence-corrected chi connectivity index (χ4v) is 3.76. The minimum atomic E-state index is -3.72. The highest BCUT2D eigenvalue weighted by atomic mass is 32.2. The number of hydrazine groups is 1. The third-order valence-corrected chi connectivity index (χ3v) is 5.52. The van der Waals surface area contributed by atoms with Gasteiger partial charge in [-0.15, -0.1) is 6.58 Å². The first kappa shape index (κ1) is 19.1. The van der Waals surface area contributed by atoms with E-state index in [1.165, 1.54) is 30.3 Å². The van der Waals surface area contributed by atoms with E-state index in [0.717, 1.165) is 32.1 Å². The third-order valence-electron chi connectivity index (χ3n) is 4.10. The summed E-state index contributed by atoms with van der Waals surface area (Å²) < 4.78 is 26.5. The van der Waals surface area contributed by atoms with Crippen LogP contribution in [0, 0.1) is 5.92 Å². The molecule has 0 heterocycles. The summed E-state index contributed by atoms with van der Waals surface area (Å²) in [7, 11) is -3.72. The van der Waals surface area contributed by atoms with Crippen molar-refractivity contribution in [2.75, 3.05) is 6.54 Å². The number of sulfonamides is 1. The molecule has 0 unspecified atom stereocenters. The molecule has 1 aromatic rings. The SMILES string of the molecule is C=CCNS(=O)(=O)c1cccc(C(=O)NNC(=O)C2CCCCC2)c1. The van der Waals surface area contributed by atoms with E-state index in [0.29, 0.717) is 0 Å². The highest BCUT2D eigenvalue weighted by molar-refractivity contribution is 7.89. The smallest absolute Gasteiger partial charge is 0.269 e. The Labute approximate surface area is 147 Å². The first-order valence-electron chi connectivity index (χ1n) is 8.25. The van der Waals surface area contributed by atoms with Gasteiger partial charge in [-0.1, -0.05) is 31.4 Å². The Balaban J connectivity index is 1.98. The lowest BCUT2D eigenvalue weighted by molar-refractivity contribution is -0.126. The molecule has 3 N–H and O–H groups in total. The number of hydrogen-bond donors (Lipinski definition) is 3. The summed E-state index contributed by atoms with van der Waals surface area (Å²) in [5.74, 6) is -0.849. The predicted octanol–water partition coefficient (Wildman–Crippen LogP) is 1.49. The molecule has 1 aromatic carbocycles. The molecule has 25 heavy (non-hydrogen) atoms. The van der Waals surface area contributed by atoms with Gasteiger partial charge < -0.3 is 0 Å². The summed E-state index contributed by atoms with van der Waals surface area (Å²) in [6.07, 6.45) is 6.24. The normalized spacial score (nSPS) is 15.4. The van der Waals surface area contributed by atoms with Gasteiger partial charge in [-0.05, 0) is 31.0 Å². The molecule has 1 fully saturated rings. The van der Waals surface area contributed by atoms with Crippen LogP contribution in [0.2, 0.25) is 0 Å². The van der Waals surface area contributed by atoms with Crippen molar-refractivity contribution in [1.82, 2.24) is 15.6 Å². The maximum atomic E-state index is 12.2. The standard InChI is InChI=1S/C17H23N3O4S/c1-2-11-18-25(23,24)15-10-6-9-14(12-15)17(22)20-19-16(21)13-7-4-3-5-8-13/h2,6,9-10,12-13,18H,1,3-5,7-8,11H2,(H,19,21)(H,20,22). The van der Waals surface area contributed by atoms with Crippen LogP contribution in [0.25, 0.3) is 0 Å². The number of benzene rings is 1. The number of hydrogen-bond acceptors (Lipinski definition) is 4. The molecule has 0 aromatic heterocycles. The first-order chi connectivity index (χ1) is 11.9. The van der Waals surface area contributed by atoms with Gasteiger partial charge >= 0.3 is 0 Å². The minimum Gasteiger partial charge on any atom is -0.273 e. The van der Waals surface area contributed by atoms with Gasteiger partial charge in [0.1, 0.15) is 0 Å². The molecular weight excluding hydrogens is 342 g/mol. The van der Waals surface area contributed by atoms with Gasteiger partial charge in [0.05, 0.1) is 4.90 Å². The summed E-state index contributed by atoms with van der Waals surface area (Å²) in [5.41, 5.74) is 4.92. The van der Waals surface area contributed by atoms with Gasteiger partial charge in [-0.3, -0.25) is 20.4 Å². The van der Waals surface area contributed by atoms with Crippen molar-refractivity contribution in [3.63, 3.8) is 0 Å². The number of carbonyl (C=O) groups is 2. The second kappa shape index (κ2) is 8.77. The highest BCUT2D eigenvalue weighted by Crippen LogP contribution is 2.23. The quantitative estimate of drug-likeness (QED) is 0.525. The summed E-state index contributed by atoms with van der Waals surface area (Å²) in [4.78, 5) is 24.2. The average Bonchev–Trinajstić information content (AvgIpc) is 2.65. The Hall–Kier alpha value is -2.19. The molecule has 7 nitrogen and oxygen atoms in total. The molecule has 0 aliphatic heterocycles. The average molecular weight is 365 g/mol. The molecule has 2 amide bonds. The Morgan fingerprint density at radius 1 is 1.16 bits per heavy atom. The van der Waals surface area contributed by atoms with E-state index in [1.807, 2.05) is 0 Å². The molecule has 1 aliphatic rings. The second-order valence-electron chi connectivity index (χ2n) is 5.95. The van der Waals surface area contributed by atoms with E-state index in [4.69, 9.17) is 0 Å². The maximum Gasteiger partial charge on any atom is 0.269 e. The molecule has 1 aliphatic carbocycles. The summed E-state index contributed by atoms with van der Waals surface area (Å²) >= 11 is 0. The van der Waals surface area contributed by atoms with E-state index in [2.05, 4.69) is 22.2 Å². The summed E-state index contributed by atoms with van der Waals surface area (Å²) in [6.45, 7) is 3.54. The van der Waals surface area contributed by atoms with Gasteiger partial charge in [0.25, 0.3) is 5.91 Å². The van der Waals surface area contributed by atoms with E-state index >= 15 is 0 Å². The van der Waals surface area contributed by atoms with Gasteiger partial charge in [0, 0.05) is 18.0 Å². The summed E-state index contributed by atoms with van der Waals surface area (Å²) in [5, 5.41) is 0. The van der Waals surface area contributed by atoms with Crippen LogP contribution in [-0.2, 0) is 14.8 Å². The highest BCUT2D eigenvalue weighted by Gasteiger charge is 2.22. The van der Waals surface area contributed by atoms with Crippen molar-refractivity contribution in [2.24, 2.45) is 5.92 Å². The largest absolute Gasteiger partial charge is 0.273 e. The van der Waals surface area contributed by atoms with Crippen LogP contribution >= 0.6 is 0 Å². The molecule has 0 atom stereocenters. The summed E-state index contributed by atoms with van der Waals surface area (Å²) in [6, 6.07) is 5.60. The monoisotopic (exact) mass is 365 g/mol. The van der Waals surface area contributed by atoms with E-state index in [9.17, 15) is 18.0 Å². The molecular formula is C17H23N3O4S. The second-order valence-corrected chi connectivity index (χ2v) is 7.71. The van der Waals surface area contributed by atoms with Crippen LogP contribution in [0.5, 0.6) is 0 Å². The van der Waals surface area contributed by atoms with Crippen LogP contribution in [0.4, 0.5) is 0 Å². The van der Waals surface area contributed by atoms with Crippen molar-refractivity contribution < 1.29 is 18.0 Å². The lowest BCUT2D eigenvalue weighted by Crippen LogP contribution is -2.45. The molecule has 0 bridgehead atoms. The molecule has 0 spiro atoms. The Morgan fingerprint density at radius 2 is 1.88 bits per heavy atom. The Bertz CT molecular complexity index is 740. The minimum absolute atomic E-state index is 0.0272. The lowest BCUT2D eigenvalue weighted by Gasteiger charge is -2.20. The lowest BCUT2D eigenvalue weighted by atomic mass is 9.89. The molecule has 136 valence electrons. The Kier molecular flexibility index (Phi) is 6.72. The molecule has 0 saturated heterocycles. The fraction of sp³-hybridized carbons (Fsp3) is 0.412. The van der Waals surface area contributed by atoms with E-state index in [1.54, 1.807) is 0 Å². The van der Waals surface area contributed by atoms with Gasteiger partial charge in [-0.2, -0.15) is 0 Å². The molecule has 1 saturated carbocycles. The number of carbonyl (C=O) groups excluding carboxylic acids is 2. The van der Waals surface area contributed by atoms with Crippen molar-refractivity contribution in [1.29, 1.82) is 0 Å². The van der Waals surface area contributed by atoms with Gasteiger partial charge in [-0.25, -0.2) is 13.1 Å². The van der Waals surface area contributed by atoms with Crippen LogP contribution in [0.15, 0.2) is 41.8 Å². The van der Waals surface area contributed by atoms with Gasteiger partial charge in [0.2, 0.25) is 15.9 Å². The zero-order chi connectivity index (χ0) is 18.3. The van der Waals surface area contributed by atoms with E-state index < -0.39 is 15.9 Å². The molecule has 8 heteroatoms. The zero-order valence-electron chi connectivity index (χ0n) is 14.0. The van der Waals surface area contributed by atoms with Crippen molar-refractivity contribution in [2.45, 2.75) is 37.0 Å². The fourth-order valence-electron chi connectivity index (χ4n) is 2.71. The van der Waals surface area contributed by atoms with Crippen molar-refractivity contribution in [3.8, 4) is 0 Å². The predicted molar refractivity (Wildman–Crippen MR) is 94.0 cm³/mol. The first-order valence-corrected chi connectivity index (χ1v) is 9.73. The number of nitrogens with one attached hydrogen (secondary N) is 3. The van der Waals surface area contributed by atoms with Crippen LogP contribution < -0.4 is 15.6 Å². The number of rotatable bonds is 6. The topological polar surface area (TPSA) is 104 Å². The third kappa shape index (κ3) is 5.40. The van der Waals surface area contributed by atoms with E-state index in [-0.39, 0.29) is 28.8 Å². The van der Waals surface area contributed by atoms with Gasteiger partial charge in [0.15, 0.2) is 0 Å². The Morgan fingerprint density at radius 3 is 2.56 bits per heavy atom. The van der Waals surface area contributed by atoms with Crippen molar-refractivity contribution in [3.05, 3.63) is 42.5 Å². The maximum absolute atomic E-state index is 12.2. The van der Waals surface area contributed by atoms with Crippen LogP contribution in [0.1, 0.15) is 42.5 Å². The van der Waals surface area contributed by atoms with Crippen LogP contribution in [0.3, 0.4) is 0 Å². The molecule has 2 rings (SSSR count). The zero-order valence-corrected chi connectivity index (χ0v) is 14.8. The van der Waals surface area contributed by atoms with Crippen LogP contribution in [-0.4, -0.2) is 26.8 Å².